The normalized spacial score (nSPS) is 12.2. The van der Waals surface area contributed by atoms with Crippen LogP contribution in [0.1, 0.15) is 10.4 Å². The van der Waals surface area contributed by atoms with Crippen LogP contribution in [0.15, 0.2) is 52.8 Å². The van der Waals surface area contributed by atoms with Gasteiger partial charge in [0.05, 0.1) is 5.75 Å². The summed E-state index contributed by atoms with van der Waals surface area (Å²) in [5.41, 5.74) is 0.938. The smallest absolute Gasteiger partial charge is 0.213 e. The molecule has 0 aliphatic carbocycles. The summed E-state index contributed by atoms with van der Waals surface area (Å²) in [6.45, 7) is 1.43. The van der Waals surface area contributed by atoms with Crippen molar-refractivity contribution in [2.24, 2.45) is 4.99 Å². The van der Waals surface area contributed by atoms with Gasteiger partial charge >= 0.3 is 0 Å². The SMILES string of the molecule is CN=C(NCCS(=O)(=O)NCc1ccccc1)N(C)CCc1cccs1. The molecule has 0 atom stereocenters. The highest BCUT2D eigenvalue weighted by atomic mass is 32.2. The molecule has 26 heavy (non-hydrogen) atoms. The fourth-order valence-corrected chi connectivity index (χ4v) is 3.98. The van der Waals surface area contributed by atoms with Crippen LogP contribution in [0, 0.1) is 0 Å². The molecule has 8 heteroatoms. The molecule has 0 spiro atoms. The molecule has 0 saturated heterocycles. The first-order chi connectivity index (χ1) is 12.5. The second kappa shape index (κ2) is 10.3. The molecule has 0 fully saturated rings. The highest BCUT2D eigenvalue weighted by Gasteiger charge is 2.12. The Hall–Kier alpha value is -1.90. The summed E-state index contributed by atoms with van der Waals surface area (Å²) >= 11 is 1.73. The lowest BCUT2D eigenvalue weighted by Gasteiger charge is -2.21. The van der Waals surface area contributed by atoms with Crippen molar-refractivity contribution in [3.8, 4) is 0 Å². The van der Waals surface area contributed by atoms with Gasteiger partial charge in [-0.2, -0.15) is 0 Å². The van der Waals surface area contributed by atoms with Crippen LogP contribution in [0.25, 0.3) is 0 Å². The van der Waals surface area contributed by atoms with Gasteiger partial charge in [-0.1, -0.05) is 36.4 Å². The van der Waals surface area contributed by atoms with Crippen molar-refractivity contribution in [3.05, 3.63) is 58.3 Å². The van der Waals surface area contributed by atoms with E-state index in [9.17, 15) is 8.42 Å². The predicted molar refractivity (Wildman–Crippen MR) is 109 cm³/mol. The van der Waals surface area contributed by atoms with Crippen LogP contribution in [-0.2, 0) is 23.0 Å². The number of hydrogen-bond acceptors (Lipinski definition) is 4. The standard InChI is InChI=1S/C18H26N4O2S2/c1-19-18(22(2)12-10-17-9-6-13-25-17)20-11-14-26(23,24)21-15-16-7-4-3-5-8-16/h3-9,13,21H,10-12,14-15H2,1-2H3,(H,19,20). The van der Waals surface area contributed by atoms with Crippen molar-refractivity contribution >= 4 is 27.3 Å². The van der Waals surface area contributed by atoms with Crippen molar-refractivity contribution in [1.82, 2.24) is 14.9 Å². The molecule has 0 bridgehead atoms. The molecule has 1 aromatic carbocycles. The van der Waals surface area contributed by atoms with E-state index in [1.807, 2.05) is 48.3 Å². The summed E-state index contributed by atoms with van der Waals surface area (Å²) in [6.07, 6.45) is 0.936. The maximum Gasteiger partial charge on any atom is 0.213 e. The van der Waals surface area contributed by atoms with Gasteiger partial charge in [-0.3, -0.25) is 4.99 Å². The Kier molecular flexibility index (Phi) is 8.08. The number of aliphatic imine (C=N–C) groups is 1. The summed E-state index contributed by atoms with van der Waals surface area (Å²) in [5.74, 6) is 0.692. The molecule has 2 N–H and O–H groups in total. The number of nitrogens with zero attached hydrogens (tertiary/aromatic N) is 2. The predicted octanol–water partition coefficient (Wildman–Crippen LogP) is 1.92. The van der Waals surface area contributed by atoms with Gasteiger partial charge < -0.3 is 10.2 Å². The first kappa shape index (κ1) is 20.4. The van der Waals surface area contributed by atoms with Gasteiger partial charge in [-0.25, -0.2) is 13.1 Å². The van der Waals surface area contributed by atoms with E-state index in [-0.39, 0.29) is 5.75 Å². The number of sulfonamides is 1. The van der Waals surface area contributed by atoms with E-state index in [0.717, 1.165) is 18.5 Å². The van der Waals surface area contributed by atoms with E-state index in [1.165, 1.54) is 4.88 Å². The Balaban J connectivity index is 1.73. The molecule has 142 valence electrons. The Labute approximate surface area is 160 Å². The molecule has 1 aromatic heterocycles. The molecule has 1 heterocycles. The lowest BCUT2D eigenvalue weighted by molar-refractivity contribution is 0.488. The number of hydrogen-bond donors (Lipinski definition) is 2. The Morgan fingerprint density at radius 1 is 1.19 bits per heavy atom. The molecule has 0 saturated carbocycles. The zero-order valence-corrected chi connectivity index (χ0v) is 16.8. The third kappa shape index (κ3) is 7.15. The minimum Gasteiger partial charge on any atom is -0.355 e. The largest absolute Gasteiger partial charge is 0.355 e. The average Bonchev–Trinajstić information content (AvgIpc) is 3.16. The second-order valence-corrected chi connectivity index (χ2v) is 8.81. The number of likely N-dealkylation sites (N-methyl/N-ethyl adjacent to an activating group) is 1. The van der Waals surface area contributed by atoms with Crippen LogP contribution in [-0.4, -0.2) is 52.2 Å². The number of thiophene rings is 1. The maximum atomic E-state index is 12.1. The third-order valence-electron chi connectivity index (χ3n) is 3.84. The molecule has 0 aliphatic rings. The van der Waals surface area contributed by atoms with Crippen LogP contribution in [0.5, 0.6) is 0 Å². The van der Waals surface area contributed by atoms with Gasteiger partial charge in [0.1, 0.15) is 0 Å². The lowest BCUT2D eigenvalue weighted by Crippen LogP contribution is -2.42. The van der Waals surface area contributed by atoms with Crippen LogP contribution in [0.2, 0.25) is 0 Å². The van der Waals surface area contributed by atoms with Gasteiger partial charge in [0.15, 0.2) is 5.96 Å². The first-order valence-electron chi connectivity index (χ1n) is 8.45. The van der Waals surface area contributed by atoms with Crippen LogP contribution in [0.4, 0.5) is 0 Å². The Bertz CT molecular complexity index is 775. The monoisotopic (exact) mass is 394 g/mol. The molecule has 0 aliphatic heterocycles. The number of benzene rings is 1. The third-order valence-corrected chi connectivity index (χ3v) is 6.10. The second-order valence-electron chi connectivity index (χ2n) is 5.85. The van der Waals surface area contributed by atoms with E-state index >= 15 is 0 Å². The molecule has 2 aromatic rings. The minimum atomic E-state index is -3.34. The average molecular weight is 395 g/mol. The molecule has 2 rings (SSSR count). The molecule has 6 nitrogen and oxygen atoms in total. The van der Waals surface area contributed by atoms with Crippen LogP contribution >= 0.6 is 11.3 Å². The molecule has 0 amide bonds. The minimum absolute atomic E-state index is 0.00236. The quantitative estimate of drug-likeness (QED) is 0.503. The summed E-state index contributed by atoms with van der Waals surface area (Å²) in [6, 6.07) is 13.6. The maximum absolute atomic E-state index is 12.1. The summed E-state index contributed by atoms with van der Waals surface area (Å²) < 4.78 is 26.9. The molecular formula is C18H26N4O2S2. The van der Waals surface area contributed by atoms with E-state index in [4.69, 9.17) is 0 Å². The topological polar surface area (TPSA) is 73.8 Å². The van der Waals surface area contributed by atoms with Crippen LogP contribution in [0.3, 0.4) is 0 Å². The Morgan fingerprint density at radius 3 is 2.62 bits per heavy atom. The van der Waals surface area contributed by atoms with Crippen molar-refractivity contribution in [1.29, 1.82) is 0 Å². The molecular weight excluding hydrogens is 368 g/mol. The summed E-state index contributed by atoms with van der Waals surface area (Å²) in [5, 5.41) is 5.18. The van der Waals surface area contributed by atoms with Gasteiger partial charge in [0.25, 0.3) is 0 Å². The first-order valence-corrected chi connectivity index (χ1v) is 11.0. The molecule has 0 radical (unpaired) electrons. The fraction of sp³-hybridized carbons (Fsp3) is 0.389. The fourth-order valence-electron chi connectivity index (χ4n) is 2.38. The highest BCUT2D eigenvalue weighted by Crippen LogP contribution is 2.09. The van der Waals surface area contributed by atoms with Gasteiger partial charge in [0.2, 0.25) is 10.0 Å². The van der Waals surface area contributed by atoms with Crippen molar-refractivity contribution in [2.75, 3.05) is 32.9 Å². The van der Waals surface area contributed by atoms with Crippen molar-refractivity contribution in [2.45, 2.75) is 13.0 Å². The van der Waals surface area contributed by atoms with E-state index in [0.29, 0.717) is 19.0 Å². The number of rotatable bonds is 9. The highest BCUT2D eigenvalue weighted by molar-refractivity contribution is 7.89. The van der Waals surface area contributed by atoms with Gasteiger partial charge in [-0.15, -0.1) is 11.3 Å². The van der Waals surface area contributed by atoms with Crippen molar-refractivity contribution in [3.63, 3.8) is 0 Å². The van der Waals surface area contributed by atoms with Crippen molar-refractivity contribution < 1.29 is 8.42 Å². The zero-order chi connectivity index (χ0) is 18.8. The van der Waals surface area contributed by atoms with Gasteiger partial charge in [0, 0.05) is 38.6 Å². The molecule has 0 unspecified atom stereocenters. The van der Waals surface area contributed by atoms with E-state index < -0.39 is 10.0 Å². The zero-order valence-electron chi connectivity index (χ0n) is 15.2. The Morgan fingerprint density at radius 2 is 1.96 bits per heavy atom. The van der Waals surface area contributed by atoms with Gasteiger partial charge in [-0.05, 0) is 23.4 Å². The van der Waals surface area contributed by atoms with E-state index in [2.05, 4.69) is 26.5 Å². The van der Waals surface area contributed by atoms with E-state index in [1.54, 1.807) is 18.4 Å². The van der Waals surface area contributed by atoms with Crippen LogP contribution < -0.4 is 10.0 Å². The lowest BCUT2D eigenvalue weighted by atomic mass is 10.2. The summed E-state index contributed by atoms with van der Waals surface area (Å²) in [4.78, 5) is 7.54. The number of guanidine groups is 1. The number of nitrogens with one attached hydrogen (secondary N) is 2. The summed E-state index contributed by atoms with van der Waals surface area (Å²) in [7, 11) is 0.309.